The highest BCUT2D eigenvalue weighted by atomic mass is 35.5. The number of H-pyrrole nitrogens is 1. The quantitative estimate of drug-likeness (QED) is 0.355. The first kappa shape index (κ1) is 25.1. The van der Waals surface area contributed by atoms with Crippen LogP contribution in [0.15, 0.2) is 48.5 Å². The minimum atomic E-state index is -0.0620. The molecule has 3 aromatic rings. The van der Waals surface area contributed by atoms with Gasteiger partial charge in [0.25, 0.3) is 5.91 Å². The standard InChI is InChI=1S/C30H33Cl2N3O/c1-3-4-6-9-21-10-12-22(13-11-21)28-20(2)27-29(33-28)25(24-15-14-23(31)18-26(24)32)19-35(30(27)36)34-16-7-5-8-17-34/h6,9-15,18,25,33H,3-5,7-8,16-17,19H2,1-2H3. The number of aromatic amines is 1. The van der Waals surface area contributed by atoms with Crippen molar-refractivity contribution < 1.29 is 4.79 Å². The molecule has 2 aliphatic heterocycles. The maximum atomic E-state index is 13.9. The molecule has 6 heteroatoms. The second-order valence-corrected chi connectivity index (χ2v) is 10.7. The Balaban J connectivity index is 1.57. The van der Waals surface area contributed by atoms with Gasteiger partial charge >= 0.3 is 0 Å². The molecule has 1 unspecified atom stereocenters. The van der Waals surface area contributed by atoms with E-state index in [9.17, 15) is 4.79 Å². The lowest BCUT2D eigenvalue weighted by molar-refractivity contribution is -0.0264. The number of amides is 1. The van der Waals surface area contributed by atoms with Crippen LogP contribution in [0.5, 0.6) is 0 Å². The Labute approximate surface area is 223 Å². The van der Waals surface area contributed by atoms with E-state index in [0.29, 0.717) is 16.6 Å². The average molecular weight is 523 g/mol. The summed E-state index contributed by atoms with van der Waals surface area (Å²) in [5.41, 5.74) is 6.93. The molecule has 1 aromatic heterocycles. The highest BCUT2D eigenvalue weighted by molar-refractivity contribution is 6.35. The van der Waals surface area contributed by atoms with Crippen LogP contribution in [0.2, 0.25) is 10.0 Å². The maximum absolute atomic E-state index is 13.9. The van der Waals surface area contributed by atoms with Crippen molar-refractivity contribution in [3.8, 4) is 11.3 Å². The number of hydrazine groups is 1. The number of fused-ring (bicyclic) bond motifs is 1. The molecule has 5 rings (SSSR count). The Morgan fingerprint density at radius 3 is 2.50 bits per heavy atom. The number of carbonyl (C=O) groups excluding carboxylic acids is 1. The molecule has 0 spiro atoms. The SMILES string of the molecule is CCCC=Cc1ccc(-c2[nH]c3c(c2C)C(=O)N(N2CCCCC2)CC3c2ccc(Cl)cc2Cl)cc1. The first-order chi connectivity index (χ1) is 17.5. The van der Waals surface area contributed by atoms with Crippen LogP contribution >= 0.6 is 23.2 Å². The normalized spacial score (nSPS) is 18.7. The highest BCUT2D eigenvalue weighted by Gasteiger charge is 2.39. The van der Waals surface area contributed by atoms with Gasteiger partial charge in [-0.25, -0.2) is 5.01 Å². The minimum absolute atomic E-state index is 0.0620. The molecule has 0 aliphatic carbocycles. The second kappa shape index (κ2) is 10.8. The van der Waals surface area contributed by atoms with E-state index in [1.54, 1.807) is 6.07 Å². The number of piperidine rings is 1. The molecule has 36 heavy (non-hydrogen) atoms. The van der Waals surface area contributed by atoms with Crippen LogP contribution in [0.25, 0.3) is 17.3 Å². The van der Waals surface area contributed by atoms with Gasteiger partial charge in [-0.3, -0.25) is 9.80 Å². The molecule has 0 bridgehead atoms. The molecule has 1 saturated heterocycles. The summed E-state index contributed by atoms with van der Waals surface area (Å²) in [7, 11) is 0. The third-order valence-electron chi connectivity index (χ3n) is 7.41. The minimum Gasteiger partial charge on any atom is -0.357 e. The topological polar surface area (TPSA) is 39.3 Å². The number of rotatable bonds is 6. The lowest BCUT2D eigenvalue weighted by Gasteiger charge is -2.42. The van der Waals surface area contributed by atoms with Gasteiger partial charge in [-0.05, 0) is 60.6 Å². The van der Waals surface area contributed by atoms with Crippen molar-refractivity contribution in [2.45, 2.75) is 51.9 Å². The lowest BCUT2D eigenvalue weighted by Crippen LogP contribution is -2.52. The fourth-order valence-corrected chi connectivity index (χ4v) is 6.01. The van der Waals surface area contributed by atoms with Gasteiger partial charge in [0, 0.05) is 40.4 Å². The Kier molecular flexibility index (Phi) is 7.57. The van der Waals surface area contributed by atoms with E-state index in [1.165, 1.54) is 12.0 Å². The van der Waals surface area contributed by atoms with E-state index in [4.69, 9.17) is 23.2 Å². The summed E-state index contributed by atoms with van der Waals surface area (Å²) in [4.78, 5) is 17.6. The second-order valence-electron chi connectivity index (χ2n) is 9.85. The van der Waals surface area contributed by atoms with Crippen LogP contribution in [0.3, 0.4) is 0 Å². The Morgan fingerprint density at radius 1 is 1.06 bits per heavy atom. The summed E-state index contributed by atoms with van der Waals surface area (Å²) in [5, 5.41) is 5.43. The molecular formula is C30H33Cl2N3O. The van der Waals surface area contributed by atoms with Crippen LogP contribution in [0.1, 0.15) is 77.7 Å². The Hall–Kier alpha value is -2.53. The average Bonchev–Trinajstić information content (AvgIpc) is 3.23. The smallest absolute Gasteiger partial charge is 0.270 e. The van der Waals surface area contributed by atoms with Gasteiger partial charge in [0.05, 0.1) is 12.1 Å². The molecular weight excluding hydrogens is 489 g/mol. The van der Waals surface area contributed by atoms with Gasteiger partial charge in [0.2, 0.25) is 0 Å². The Bertz CT molecular complexity index is 1270. The van der Waals surface area contributed by atoms with E-state index in [-0.39, 0.29) is 11.8 Å². The molecule has 3 heterocycles. The van der Waals surface area contributed by atoms with E-state index in [2.05, 4.69) is 60.3 Å². The van der Waals surface area contributed by atoms with Gasteiger partial charge in [-0.2, -0.15) is 0 Å². The van der Waals surface area contributed by atoms with Crippen molar-refractivity contribution in [1.82, 2.24) is 15.0 Å². The molecule has 2 aromatic carbocycles. The summed E-state index contributed by atoms with van der Waals surface area (Å²) in [5.74, 6) is 0.0143. The summed E-state index contributed by atoms with van der Waals surface area (Å²) < 4.78 is 0. The number of nitrogens with zero attached hydrogens (tertiary/aromatic N) is 2. The van der Waals surface area contributed by atoms with Crippen LogP contribution in [-0.2, 0) is 0 Å². The molecule has 188 valence electrons. The van der Waals surface area contributed by atoms with E-state index in [1.807, 2.05) is 17.1 Å². The monoisotopic (exact) mass is 521 g/mol. The van der Waals surface area contributed by atoms with Crippen molar-refractivity contribution in [1.29, 1.82) is 0 Å². The molecule has 4 nitrogen and oxygen atoms in total. The number of aromatic nitrogens is 1. The highest BCUT2D eigenvalue weighted by Crippen LogP contribution is 2.42. The number of benzene rings is 2. The molecule has 1 fully saturated rings. The summed E-state index contributed by atoms with van der Waals surface area (Å²) in [6.07, 6.45) is 10.0. The predicted molar refractivity (Wildman–Crippen MR) is 150 cm³/mol. The van der Waals surface area contributed by atoms with Crippen molar-refractivity contribution in [3.63, 3.8) is 0 Å². The molecule has 1 amide bonds. The van der Waals surface area contributed by atoms with Gasteiger partial charge in [-0.15, -0.1) is 0 Å². The lowest BCUT2D eigenvalue weighted by atomic mass is 9.88. The summed E-state index contributed by atoms with van der Waals surface area (Å²) in [6, 6.07) is 14.2. The van der Waals surface area contributed by atoms with Gasteiger partial charge in [-0.1, -0.05) is 85.5 Å². The summed E-state index contributed by atoms with van der Waals surface area (Å²) >= 11 is 12.9. The number of hydrogen-bond donors (Lipinski definition) is 1. The number of unbranched alkanes of at least 4 members (excludes halogenated alkanes) is 1. The fraction of sp³-hybridized carbons (Fsp3) is 0.367. The zero-order valence-corrected chi connectivity index (χ0v) is 22.5. The van der Waals surface area contributed by atoms with Crippen molar-refractivity contribution in [2.24, 2.45) is 0 Å². The molecule has 2 aliphatic rings. The third kappa shape index (κ3) is 4.87. The Morgan fingerprint density at radius 2 is 1.81 bits per heavy atom. The number of carbonyl (C=O) groups is 1. The molecule has 1 N–H and O–H groups in total. The number of hydrogen-bond acceptors (Lipinski definition) is 2. The zero-order chi connectivity index (χ0) is 25.2. The first-order valence-electron chi connectivity index (χ1n) is 13.0. The third-order valence-corrected chi connectivity index (χ3v) is 7.97. The molecule has 0 saturated carbocycles. The van der Waals surface area contributed by atoms with Crippen LogP contribution < -0.4 is 0 Å². The van der Waals surface area contributed by atoms with Gasteiger partial charge in [0.1, 0.15) is 0 Å². The fourth-order valence-electron chi connectivity index (χ4n) is 5.47. The zero-order valence-electron chi connectivity index (χ0n) is 21.0. The van der Waals surface area contributed by atoms with Crippen molar-refractivity contribution >= 4 is 35.2 Å². The van der Waals surface area contributed by atoms with Crippen molar-refractivity contribution in [3.05, 3.63) is 86.5 Å². The van der Waals surface area contributed by atoms with Gasteiger partial charge in [0.15, 0.2) is 0 Å². The van der Waals surface area contributed by atoms with Crippen LogP contribution in [0.4, 0.5) is 0 Å². The van der Waals surface area contributed by atoms with Crippen LogP contribution in [0, 0.1) is 6.92 Å². The number of halogens is 2. The van der Waals surface area contributed by atoms with E-state index in [0.717, 1.165) is 72.4 Å². The van der Waals surface area contributed by atoms with Crippen LogP contribution in [-0.4, -0.2) is 40.5 Å². The summed E-state index contributed by atoms with van der Waals surface area (Å²) in [6.45, 7) is 6.62. The first-order valence-corrected chi connectivity index (χ1v) is 13.7. The largest absolute Gasteiger partial charge is 0.357 e. The molecule has 1 atom stereocenters. The maximum Gasteiger partial charge on any atom is 0.270 e. The van der Waals surface area contributed by atoms with Gasteiger partial charge < -0.3 is 4.98 Å². The van der Waals surface area contributed by atoms with E-state index < -0.39 is 0 Å². The number of allylic oxidation sites excluding steroid dienone is 1. The number of nitrogens with one attached hydrogen (secondary N) is 1. The van der Waals surface area contributed by atoms with E-state index >= 15 is 0 Å². The molecule has 0 radical (unpaired) electrons. The predicted octanol–water partition coefficient (Wildman–Crippen LogP) is 8.10. The van der Waals surface area contributed by atoms with Crippen molar-refractivity contribution in [2.75, 3.05) is 19.6 Å².